The van der Waals surface area contributed by atoms with E-state index in [-0.39, 0.29) is 0 Å². The quantitative estimate of drug-likeness (QED) is 0.839. The van der Waals surface area contributed by atoms with E-state index in [0.29, 0.717) is 16.6 Å². The summed E-state index contributed by atoms with van der Waals surface area (Å²) >= 11 is 5.31. The molecule has 0 fully saturated rings. The molecular weight excluding hydrogens is 230 g/mol. The van der Waals surface area contributed by atoms with Crippen molar-refractivity contribution in [2.24, 2.45) is 5.92 Å². The summed E-state index contributed by atoms with van der Waals surface area (Å²) < 4.78 is 2.67. The van der Waals surface area contributed by atoms with Gasteiger partial charge in [0.1, 0.15) is 5.82 Å². The van der Waals surface area contributed by atoms with E-state index in [0.717, 1.165) is 11.5 Å². The lowest BCUT2D eigenvalue weighted by molar-refractivity contribution is 0.503. The SMILES string of the molecule is CC(C)C(C)c1n[nH]c(=S)n1-c1ccccc1. The Hall–Kier alpha value is -1.42. The third kappa shape index (κ3) is 2.31. The lowest BCUT2D eigenvalue weighted by Crippen LogP contribution is -2.10. The predicted molar refractivity (Wildman–Crippen MR) is 72.0 cm³/mol. The van der Waals surface area contributed by atoms with E-state index in [1.165, 1.54) is 0 Å². The highest BCUT2D eigenvalue weighted by Crippen LogP contribution is 2.24. The summed E-state index contributed by atoms with van der Waals surface area (Å²) in [6.07, 6.45) is 0. The van der Waals surface area contributed by atoms with E-state index in [1.807, 2.05) is 34.9 Å². The molecule has 0 bridgehead atoms. The summed E-state index contributed by atoms with van der Waals surface area (Å²) in [6.45, 7) is 6.56. The molecule has 1 heterocycles. The Kier molecular flexibility index (Phi) is 3.43. The van der Waals surface area contributed by atoms with Crippen LogP contribution < -0.4 is 0 Å². The molecule has 0 spiro atoms. The molecule has 3 nitrogen and oxygen atoms in total. The minimum atomic E-state index is 0.364. The van der Waals surface area contributed by atoms with Gasteiger partial charge in [-0.2, -0.15) is 5.10 Å². The zero-order valence-corrected chi connectivity index (χ0v) is 11.2. The van der Waals surface area contributed by atoms with E-state index >= 15 is 0 Å². The Morgan fingerprint density at radius 2 is 1.82 bits per heavy atom. The number of nitrogens with one attached hydrogen (secondary N) is 1. The molecule has 1 N–H and O–H groups in total. The molecule has 0 saturated heterocycles. The molecule has 0 amide bonds. The molecule has 4 heteroatoms. The molecule has 0 radical (unpaired) electrons. The molecular formula is C13H17N3S. The van der Waals surface area contributed by atoms with Crippen molar-refractivity contribution >= 4 is 12.2 Å². The monoisotopic (exact) mass is 247 g/mol. The molecule has 0 aliphatic heterocycles. The number of rotatable bonds is 3. The molecule has 0 saturated carbocycles. The van der Waals surface area contributed by atoms with Crippen molar-refractivity contribution in [2.75, 3.05) is 0 Å². The highest BCUT2D eigenvalue weighted by Gasteiger charge is 2.18. The van der Waals surface area contributed by atoms with Gasteiger partial charge in [0.15, 0.2) is 4.77 Å². The summed E-state index contributed by atoms with van der Waals surface area (Å²) in [4.78, 5) is 0. The average molecular weight is 247 g/mol. The van der Waals surface area contributed by atoms with Crippen LogP contribution in [0.15, 0.2) is 30.3 Å². The standard InChI is InChI=1S/C13H17N3S/c1-9(2)10(3)12-14-15-13(17)16(12)11-7-5-4-6-8-11/h4-10H,1-3H3,(H,15,17). The van der Waals surface area contributed by atoms with E-state index in [1.54, 1.807) is 0 Å². The maximum atomic E-state index is 5.31. The Balaban J connectivity index is 2.55. The second-order valence-corrected chi connectivity index (χ2v) is 4.98. The third-order valence-corrected chi connectivity index (χ3v) is 3.39. The van der Waals surface area contributed by atoms with Crippen molar-refractivity contribution in [2.45, 2.75) is 26.7 Å². The van der Waals surface area contributed by atoms with Crippen LogP contribution in [0.3, 0.4) is 0 Å². The summed E-state index contributed by atoms with van der Waals surface area (Å²) in [5, 5.41) is 7.25. The third-order valence-electron chi connectivity index (χ3n) is 3.12. The molecule has 17 heavy (non-hydrogen) atoms. The summed E-state index contributed by atoms with van der Waals surface area (Å²) in [7, 11) is 0. The van der Waals surface area contributed by atoms with Crippen LogP contribution in [0.1, 0.15) is 32.5 Å². The molecule has 1 unspecified atom stereocenters. The number of para-hydroxylation sites is 1. The van der Waals surface area contributed by atoms with Gasteiger partial charge in [0.2, 0.25) is 0 Å². The molecule has 1 atom stereocenters. The largest absolute Gasteiger partial charge is 0.272 e. The zero-order chi connectivity index (χ0) is 12.4. The van der Waals surface area contributed by atoms with Crippen LogP contribution in [0, 0.1) is 10.7 Å². The maximum Gasteiger partial charge on any atom is 0.199 e. The molecule has 90 valence electrons. The van der Waals surface area contributed by atoms with Crippen molar-refractivity contribution < 1.29 is 0 Å². The summed E-state index contributed by atoms with van der Waals surface area (Å²) in [5.41, 5.74) is 1.06. The molecule has 1 aromatic carbocycles. The van der Waals surface area contributed by atoms with Crippen molar-refractivity contribution in [3.63, 3.8) is 0 Å². The van der Waals surface area contributed by atoms with Crippen LogP contribution >= 0.6 is 12.2 Å². The van der Waals surface area contributed by atoms with Crippen molar-refractivity contribution in [1.82, 2.24) is 14.8 Å². The van der Waals surface area contributed by atoms with Gasteiger partial charge in [-0.1, -0.05) is 39.0 Å². The first kappa shape index (κ1) is 12.0. The topological polar surface area (TPSA) is 33.6 Å². The molecule has 1 aromatic heterocycles. The molecule has 0 aliphatic carbocycles. The zero-order valence-electron chi connectivity index (χ0n) is 10.3. The van der Waals surface area contributed by atoms with Crippen LogP contribution in [-0.4, -0.2) is 14.8 Å². The van der Waals surface area contributed by atoms with Gasteiger partial charge in [-0.15, -0.1) is 0 Å². The minimum Gasteiger partial charge on any atom is -0.272 e. The number of aromatic amines is 1. The second-order valence-electron chi connectivity index (χ2n) is 4.59. The normalized spacial score (nSPS) is 12.9. The molecule has 2 rings (SSSR count). The van der Waals surface area contributed by atoms with Gasteiger partial charge in [0.25, 0.3) is 0 Å². The van der Waals surface area contributed by atoms with Gasteiger partial charge < -0.3 is 0 Å². The molecule has 2 aromatic rings. The maximum absolute atomic E-state index is 5.31. The van der Waals surface area contributed by atoms with Gasteiger partial charge in [0.05, 0.1) is 0 Å². The number of hydrogen-bond donors (Lipinski definition) is 1. The van der Waals surface area contributed by atoms with Crippen molar-refractivity contribution in [3.05, 3.63) is 40.9 Å². The first-order valence-corrected chi connectivity index (χ1v) is 6.25. The number of aromatic nitrogens is 3. The van der Waals surface area contributed by atoms with Crippen LogP contribution in [-0.2, 0) is 0 Å². The average Bonchev–Trinajstić information content (AvgIpc) is 2.71. The van der Waals surface area contributed by atoms with Gasteiger partial charge in [0, 0.05) is 11.6 Å². The smallest absolute Gasteiger partial charge is 0.199 e. The number of hydrogen-bond acceptors (Lipinski definition) is 2. The van der Waals surface area contributed by atoms with Gasteiger partial charge in [-0.25, -0.2) is 0 Å². The lowest BCUT2D eigenvalue weighted by atomic mass is 9.97. The Morgan fingerprint density at radius 3 is 2.41 bits per heavy atom. The minimum absolute atomic E-state index is 0.364. The van der Waals surface area contributed by atoms with E-state index in [9.17, 15) is 0 Å². The fourth-order valence-corrected chi connectivity index (χ4v) is 1.98. The van der Waals surface area contributed by atoms with E-state index < -0.39 is 0 Å². The number of benzene rings is 1. The van der Waals surface area contributed by atoms with Crippen LogP contribution in [0.4, 0.5) is 0 Å². The summed E-state index contributed by atoms with van der Waals surface area (Å²) in [5.74, 6) is 1.89. The summed E-state index contributed by atoms with van der Waals surface area (Å²) in [6, 6.07) is 10.1. The Labute approximate surface area is 106 Å². The van der Waals surface area contributed by atoms with Crippen molar-refractivity contribution in [1.29, 1.82) is 0 Å². The van der Waals surface area contributed by atoms with E-state index in [2.05, 4.69) is 31.0 Å². The number of nitrogens with zero attached hydrogens (tertiary/aromatic N) is 2. The van der Waals surface area contributed by atoms with Crippen LogP contribution in [0.2, 0.25) is 0 Å². The fourth-order valence-electron chi connectivity index (χ4n) is 1.74. The van der Waals surface area contributed by atoms with Crippen LogP contribution in [0.5, 0.6) is 0 Å². The second kappa shape index (κ2) is 4.84. The van der Waals surface area contributed by atoms with Gasteiger partial charge >= 0.3 is 0 Å². The predicted octanol–water partition coefficient (Wildman–Crippen LogP) is 3.69. The Bertz CT molecular complexity index is 539. The van der Waals surface area contributed by atoms with Gasteiger partial charge in [-0.05, 0) is 30.3 Å². The first-order valence-electron chi connectivity index (χ1n) is 5.84. The van der Waals surface area contributed by atoms with Gasteiger partial charge in [-0.3, -0.25) is 9.67 Å². The highest BCUT2D eigenvalue weighted by atomic mass is 32.1. The highest BCUT2D eigenvalue weighted by molar-refractivity contribution is 7.71. The van der Waals surface area contributed by atoms with E-state index in [4.69, 9.17) is 12.2 Å². The first-order chi connectivity index (χ1) is 8.11. The van der Waals surface area contributed by atoms with Crippen LogP contribution in [0.25, 0.3) is 5.69 Å². The molecule has 0 aliphatic rings. The fraction of sp³-hybridized carbons (Fsp3) is 0.385. The Morgan fingerprint density at radius 1 is 1.18 bits per heavy atom. The number of H-pyrrole nitrogens is 1. The van der Waals surface area contributed by atoms with Crippen molar-refractivity contribution in [3.8, 4) is 5.69 Å². The lowest BCUT2D eigenvalue weighted by Gasteiger charge is -2.16.